The van der Waals surface area contributed by atoms with Crippen LogP contribution < -0.4 is 5.32 Å². The summed E-state index contributed by atoms with van der Waals surface area (Å²) in [5.74, 6) is 1.17. The molecule has 1 aromatic carbocycles. The van der Waals surface area contributed by atoms with Crippen LogP contribution in [0.3, 0.4) is 0 Å². The summed E-state index contributed by atoms with van der Waals surface area (Å²) in [7, 11) is 2.21. The van der Waals surface area contributed by atoms with E-state index in [1.165, 1.54) is 23.5 Å². The number of rotatable bonds is 8. The molecule has 1 aliphatic rings. The van der Waals surface area contributed by atoms with E-state index in [0.717, 1.165) is 25.7 Å². The summed E-state index contributed by atoms with van der Waals surface area (Å²) in [6.07, 6.45) is 2.77. The van der Waals surface area contributed by atoms with E-state index in [1.807, 2.05) is 11.8 Å². The predicted octanol–water partition coefficient (Wildman–Crippen LogP) is 2.46. The molecular weight excluding hydrogens is 228 g/mol. The maximum absolute atomic E-state index is 3.55. The maximum Gasteiger partial charge on any atom is 0.0108 e. The molecule has 3 heteroatoms. The Morgan fingerprint density at radius 3 is 2.71 bits per heavy atom. The molecule has 0 radical (unpaired) electrons. The third-order valence-corrected chi connectivity index (χ3v) is 3.98. The van der Waals surface area contributed by atoms with Gasteiger partial charge in [0, 0.05) is 36.3 Å². The summed E-state index contributed by atoms with van der Waals surface area (Å²) < 4.78 is 0. The van der Waals surface area contributed by atoms with Crippen molar-refractivity contribution in [2.75, 3.05) is 32.4 Å². The molecule has 1 aliphatic carbocycles. The first kappa shape index (κ1) is 12.9. The molecule has 94 valence electrons. The Labute approximate surface area is 109 Å². The van der Waals surface area contributed by atoms with Crippen LogP contribution >= 0.6 is 11.8 Å². The molecule has 1 aromatic rings. The van der Waals surface area contributed by atoms with Crippen LogP contribution in [0.1, 0.15) is 12.8 Å². The largest absolute Gasteiger partial charge is 0.313 e. The average molecular weight is 250 g/mol. The van der Waals surface area contributed by atoms with E-state index >= 15 is 0 Å². The number of hydrogen-bond acceptors (Lipinski definition) is 3. The SMILES string of the molecule is CN(CCNC1CC1)CCSc1ccccc1. The fourth-order valence-corrected chi connectivity index (χ4v) is 2.68. The van der Waals surface area contributed by atoms with Crippen LogP contribution in [-0.2, 0) is 0 Å². The number of benzene rings is 1. The normalized spacial score (nSPS) is 15.4. The van der Waals surface area contributed by atoms with Crippen LogP contribution in [0.25, 0.3) is 0 Å². The highest BCUT2D eigenvalue weighted by Crippen LogP contribution is 2.18. The highest BCUT2D eigenvalue weighted by atomic mass is 32.2. The van der Waals surface area contributed by atoms with Crippen molar-refractivity contribution >= 4 is 11.8 Å². The summed E-state index contributed by atoms with van der Waals surface area (Å²) >= 11 is 1.94. The molecule has 0 saturated heterocycles. The molecule has 0 heterocycles. The van der Waals surface area contributed by atoms with Gasteiger partial charge in [0.15, 0.2) is 0 Å². The van der Waals surface area contributed by atoms with Crippen molar-refractivity contribution < 1.29 is 0 Å². The van der Waals surface area contributed by atoms with Crippen molar-refractivity contribution in [3.63, 3.8) is 0 Å². The number of likely N-dealkylation sites (N-methyl/N-ethyl adjacent to an activating group) is 1. The van der Waals surface area contributed by atoms with E-state index in [0.29, 0.717) is 0 Å². The molecule has 1 fully saturated rings. The van der Waals surface area contributed by atoms with Crippen LogP contribution in [0.4, 0.5) is 0 Å². The van der Waals surface area contributed by atoms with Gasteiger partial charge in [-0.2, -0.15) is 0 Å². The number of hydrogen-bond donors (Lipinski definition) is 1. The number of nitrogens with zero attached hydrogens (tertiary/aromatic N) is 1. The van der Waals surface area contributed by atoms with Gasteiger partial charge in [0.05, 0.1) is 0 Å². The predicted molar refractivity (Wildman–Crippen MR) is 75.7 cm³/mol. The van der Waals surface area contributed by atoms with Gasteiger partial charge in [-0.05, 0) is 32.0 Å². The lowest BCUT2D eigenvalue weighted by molar-refractivity contribution is 0.351. The van der Waals surface area contributed by atoms with Crippen molar-refractivity contribution in [2.45, 2.75) is 23.8 Å². The van der Waals surface area contributed by atoms with Crippen LogP contribution in [0.15, 0.2) is 35.2 Å². The first-order valence-electron chi connectivity index (χ1n) is 6.44. The molecule has 1 N–H and O–H groups in total. The Morgan fingerprint density at radius 1 is 1.24 bits per heavy atom. The maximum atomic E-state index is 3.55. The van der Waals surface area contributed by atoms with E-state index in [-0.39, 0.29) is 0 Å². The summed E-state index contributed by atoms with van der Waals surface area (Å²) in [5.41, 5.74) is 0. The zero-order chi connectivity index (χ0) is 11.9. The monoisotopic (exact) mass is 250 g/mol. The van der Waals surface area contributed by atoms with Crippen molar-refractivity contribution in [1.29, 1.82) is 0 Å². The number of nitrogens with one attached hydrogen (secondary N) is 1. The van der Waals surface area contributed by atoms with Crippen LogP contribution in [0.5, 0.6) is 0 Å². The smallest absolute Gasteiger partial charge is 0.0108 e. The number of thioether (sulfide) groups is 1. The van der Waals surface area contributed by atoms with Gasteiger partial charge in [0.25, 0.3) is 0 Å². The standard InChI is InChI=1S/C14H22N2S/c1-16(10-9-15-13-7-8-13)11-12-17-14-5-3-2-4-6-14/h2-6,13,15H,7-12H2,1H3. The summed E-state index contributed by atoms with van der Waals surface area (Å²) in [6, 6.07) is 11.5. The Kier molecular flexibility index (Phi) is 5.36. The molecule has 17 heavy (non-hydrogen) atoms. The fourth-order valence-electron chi connectivity index (χ4n) is 1.69. The Balaban J connectivity index is 1.51. The minimum absolute atomic E-state index is 0.835. The molecule has 0 atom stereocenters. The van der Waals surface area contributed by atoms with Gasteiger partial charge in [-0.15, -0.1) is 11.8 Å². The molecule has 0 unspecified atom stereocenters. The van der Waals surface area contributed by atoms with E-state index in [2.05, 4.69) is 47.6 Å². The van der Waals surface area contributed by atoms with Gasteiger partial charge >= 0.3 is 0 Å². The van der Waals surface area contributed by atoms with Crippen molar-refractivity contribution in [3.8, 4) is 0 Å². The highest BCUT2D eigenvalue weighted by molar-refractivity contribution is 7.99. The fraction of sp³-hybridized carbons (Fsp3) is 0.571. The van der Waals surface area contributed by atoms with E-state index < -0.39 is 0 Å². The minimum Gasteiger partial charge on any atom is -0.313 e. The molecule has 0 aromatic heterocycles. The topological polar surface area (TPSA) is 15.3 Å². The van der Waals surface area contributed by atoms with E-state index in [1.54, 1.807) is 0 Å². The lowest BCUT2D eigenvalue weighted by atomic mass is 10.4. The van der Waals surface area contributed by atoms with Gasteiger partial charge in [0.1, 0.15) is 0 Å². The molecule has 0 bridgehead atoms. The summed E-state index contributed by atoms with van der Waals surface area (Å²) in [5, 5.41) is 3.55. The average Bonchev–Trinajstić information content (AvgIpc) is 3.14. The van der Waals surface area contributed by atoms with Gasteiger partial charge < -0.3 is 10.2 Å². The second-order valence-electron chi connectivity index (χ2n) is 4.69. The Bertz CT molecular complexity index is 311. The molecule has 0 aliphatic heterocycles. The van der Waals surface area contributed by atoms with Gasteiger partial charge in [-0.25, -0.2) is 0 Å². The van der Waals surface area contributed by atoms with E-state index in [4.69, 9.17) is 0 Å². The van der Waals surface area contributed by atoms with Crippen LogP contribution in [0, 0.1) is 0 Å². The van der Waals surface area contributed by atoms with Crippen molar-refractivity contribution in [1.82, 2.24) is 10.2 Å². The third-order valence-electron chi connectivity index (χ3n) is 2.99. The van der Waals surface area contributed by atoms with Gasteiger partial charge in [0.2, 0.25) is 0 Å². The highest BCUT2D eigenvalue weighted by Gasteiger charge is 2.19. The van der Waals surface area contributed by atoms with Crippen LogP contribution in [-0.4, -0.2) is 43.4 Å². The summed E-state index contributed by atoms with van der Waals surface area (Å²) in [4.78, 5) is 3.78. The molecular formula is C14H22N2S. The molecule has 0 amide bonds. The second-order valence-corrected chi connectivity index (χ2v) is 5.86. The van der Waals surface area contributed by atoms with Gasteiger partial charge in [-0.3, -0.25) is 0 Å². The molecule has 1 saturated carbocycles. The third kappa shape index (κ3) is 5.57. The lowest BCUT2D eigenvalue weighted by Gasteiger charge is -2.16. The first-order valence-corrected chi connectivity index (χ1v) is 7.43. The minimum atomic E-state index is 0.835. The molecule has 2 nitrogen and oxygen atoms in total. The lowest BCUT2D eigenvalue weighted by Crippen LogP contribution is -2.31. The molecule has 0 spiro atoms. The Hall–Kier alpha value is -0.510. The second kappa shape index (κ2) is 7.04. The summed E-state index contributed by atoms with van der Waals surface area (Å²) in [6.45, 7) is 3.45. The zero-order valence-corrected chi connectivity index (χ0v) is 11.4. The zero-order valence-electron chi connectivity index (χ0n) is 10.6. The van der Waals surface area contributed by atoms with E-state index in [9.17, 15) is 0 Å². The van der Waals surface area contributed by atoms with Crippen molar-refractivity contribution in [2.24, 2.45) is 0 Å². The Morgan fingerprint density at radius 2 is 2.00 bits per heavy atom. The van der Waals surface area contributed by atoms with Gasteiger partial charge in [-0.1, -0.05) is 18.2 Å². The van der Waals surface area contributed by atoms with Crippen molar-refractivity contribution in [3.05, 3.63) is 30.3 Å². The van der Waals surface area contributed by atoms with Crippen LogP contribution in [0.2, 0.25) is 0 Å². The molecule has 2 rings (SSSR count). The first-order chi connectivity index (χ1) is 8.34. The quantitative estimate of drug-likeness (QED) is 0.714.